The molecule has 1 aromatic carbocycles. The van der Waals surface area contributed by atoms with E-state index in [4.69, 9.17) is 4.74 Å². The summed E-state index contributed by atoms with van der Waals surface area (Å²) in [5, 5.41) is 18.9. The molecule has 1 saturated heterocycles. The van der Waals surface area contributed by atoms with Gasteiger partial charge in [0, 0.05) is 19.0 Å². The smallest absolute Gasteiger partial charge is 0.257 e. The van der Waals surface area contributed by atoms with Gasteiger partial charge in [-0.05, 0) is 32.0 Å². The number of carbonyl (C=O) groups is 1. The number of methoxy groups -OCH3 is 1. The monoisotopic (exact) mass is 348 g/mol. The third kappa shape index (κ3) is 3.21. The van der Waals surface area contributed by atoms with Crippen LogP contribution in [-0.4, -0.2) is 51.1 Å². The average molecular weight is 348 g/mol. The van der Waals surface area contributed by atoms with Gasteiger partial charge in [-0.25, -0.2) is 9.07 Å². The van der Waals surface area contributed by atoms with Gasteiger partial charge < -0.3 is 14.7 Å². The fourth-order valence-corrected chi connectivity index (χ4v) is 2.94. The van der Waals surface area contributed by atoms with Crippen molar-refractivity contribution in [1.29, 1.82) is 0 Å². The summed E-state index contributed by atoms with van der Waals surface area (Å²) in [5.41, 5.74) is -0.691. The summed E-state index contributed by atoms with van der Waals surface area (Å²) in [7, 11) is 1.43. The quantitative estimate of drug-likeness (QED) is 0.910. The maximum Gasteiger partial charge on any atom is 0.257 e. The van der Waals surface area contributed by atoms with Crippen LogP contribution in [0.3, 0.4) is 0 Å². The molecule has 1 aliphatic heterocycles. The van der Waals surface area contributed by atoms with Crippen LogP contribution in [0, 0.1) is 5.82 Å². The molecule has 1 amide bonds. The third-order valence-electron chi connectivity index (χ3n) is 4.44. The minimum Gasteiger partial charge on any atom is -0.496 e. The van der Waals surface area contributed by atoms with Gasteiger partial charge in [0.25, 0.3) is 5.91 Å². The number of halogens is 1. The third-order valence-corrected chi connectivity index (χ3v) is 4.44. The minimum atomic E-state index is -1.26. The highest BCUT2D eigenvalue weighted by Crippen LogP contribution is 2.33. The van der Waals surface area contributed by atoms with Gasteiger partial charge in [0.15, 0.2) is 0 Å². The molecule has 2 heterocycles. The number of β-amino-alcohol motifs (C(OH)–C–C–N with tert-alkyl or cyclic N) is 1. The summed E-state index contributed by atoms with van der Waals surface area (Å²) in [6.45, 7) is 4.33. The lowest BCUT2D eigenvalue weighted by molar-refractivity contribution is 0.0380. The van der Waals surface area contributed by atoms with Gasteiger partial charge in [-0.2, -0.15) is 0 Å². The number of nitrogens with zero attached hydrogens (tertiary/aromatic N) is 4. The van der Waals surface area contributed by atoms with Gasteiger partial charge in [0.2, 0.25) is 0 Å². The summed E-state index contributed by atoms with van der Waals surface area (Å²) in [6, 6.07) is 3.92. The second-order valence-corrected chi connectivity index (χ2v) is 6.53. The van der Waals surface area contributed by atoms with Crippen LogP contribution in [0.2, 0.25) is 0 Å². The predicted molar refractivity (Wildman–Crippen MR) is 87.8 cm³/mol. The van der Waals surface area contributed by atoms with Crippen molar-refractivity contribution < 1.29 is 19.0 Å². The average Bonchev–Trinajstić information content (AvgIpc) is 3.22. The molecule has 7 nitrogen and oxygen atoms in total. The van der Waals surface area contributed by atoms with Gasteiger partial charge >= 0.3 is 0 Å². The molecule has 25 heavy (non-hydrogen) atoms. The fourth-order valence-electron chi connectivity index (χ4n) is 2.94. The van der Waals surface area contributed by atoms with E-state index in [1.165, 1.54) is 24.1 Å². The summed E-state index contributed by atoms with van der Waals surface area (Å²) in [4.78, 5) is 14.2. The number of hydrogen-bond acceptors (Lipinski definition) is 5. The molecule has 134 valence electrons. The van der Waals surface area contributed by atoms with E-state index < -0.39 is 11.4 Å². The van der Waals surface area contributed by atoms with Crippen molar-refractivity contribution in [1.82, 2.24) is 19.9 Å². The summed E-state index contributed by atoms with van der Waals surface area (Å²) < 4.78 is 20.3. The van der Waals surface area contributed by atoms with Crippen LogP contribution in [0.1, 0.15) is 42.4 Å². The molecule has 1 fully saturated rings. The first-order valence-corrected chi connectivity index (χ1v) is 8.11. The number of carbonyl (C=O) groups excluding carboxylic acids is 1. The van der Waals surface area contributed by atoms with Gasteiger partial charge in [0.05, 0.1) is 25.4 Å². The van der Waals surface area contributed by atoms with Gasteiger partial charge in [-0.15, -0.1) is 5.10 Å². The Labute approximate surface area is 145 Å². The Balaban J connectivity index is 1.82. The highest BCUT2D eigenvalue weighted by Gasteiger charge is 2.42. The molecular formula is C17H21FN4O3. The van der Waals surface area contributed by atoms with E-state index in [9.17, 15) is 14.3 Å². The molecule has 0 saturated carbocycles. The van der Waals surface area contributed by atoms with Crippen LogP contribution >= 0.6 is 0 Å². The Morgan fingerprint density at radius 3 is 2.84 bits per heavy atom. The molecule has 0 radical (unpaired) electrons. The van der Waals surface area contributed by atoms with Crippen LogP contribution < -0.4 is 4.74 Å². The number of amides is 1. The Morgan fingerprint density at radius 1 is 1.44 bits per heavy atom. The minimum absolute atomic E-state index is 0.0717. The first-order chi connectivity index (χ1) is 11.8. The molecule has 8 heteroatoms. The summed E-state index contributed by atoms with van der Waals surface area (Å²) >= 11 is 0. The molecule has 1 aromatic heterocycles. The van der Waals surface area contributed by atoms with Gasteiger partial charge in [-0.3, -0.25) is 4.79 Å². The van der Waals surface area contributed by atoms with E-state index in [-0.39, 0.29) is 24.1 Å². The van der Waals surface area contributed by atoms with Crippen molar-refractivity contribution in [3.63, 3.8) is 0 Å². The van der Waals surface area contributed by atoms with Crippen molar-refractivity contribution in [2.24, 2.45) is 0 Å². The lowest BCUT2D eigenvalue weighted by atomic mass is 10.00. The molecule has 1 aliphatic rings. The summed E-state index contributed by atoms with van der Waals surface area (Å²) in [5.74, 6) is -0.602. The van der Waals surface area contributed by atoms with E-state index in [1.54, 1.807) is 10.9 Å². The number of aliphatic hydroxyl groups is 1. The molecule has 0 spiro atoms. The molecule has 1 N–H and O–H groups in total. The van der Waals surface area contributed by atoms with Crippen LogP contribution in [0.5, 0.6) is 5.75 Å². The van der Waals surface area contributed by atoms with E-state index in [0.717, 1.165) is 6.07 Å². The standard InChI is InChI=1S/C17H21FN4O3/c1-11(2)22-9-15(19-20-22)17(24)6-7-21(10-17)16(23)13-8-12(18)4-5-14(13)25-3/h4-5,8-9,11,24H,6-7,10H2,1-3H3/t17-/m1/s1. The van der Waals surface area contributed by atoms with E-state index >= 15 is 0 Å². The van der Waals surface area contributed by atoms with Crippen LogP contribution in [-0.2, 0) is 5.60 Å². The van der Waals surface area contributed by atoms with Gasteiger partial charge in [0.1, 0.15) is 22.9 Å². The lowest BCUT2D eigenvalue weighted by Gasteiger charge is -2.21. The largest absolute Gasteiger partial charge is 0.496 e. The Hall–Kier alpha value is -2.48. The fraction of sp³-hybridized carbons (Fsp3) is 0.471. The lowest BCUT2D eigenvalue weighted by Crippen LogP contribution is -2.35. The van der Waals surface area contributed by atoms with Crippen molar-refractivity contribution in [3.8, 4) is 5.75 Å². The van der Waals surface area contributed by atoms with Crippen LogP contribution in [0.4, 0.5) is 4.39 Å². The number of rotatable bonds is 4. The number of likely N-dealkylation sites (tertiary alicyclic amines) is 1. The van der Waals surface area contributed by atoms with Crippen LogP contribution in [0.15, 0.2) is 24.4 Å². The maximum absolute atomic E-state index is 13.5. The first-order valence-electron chi connectivity index (χ1n) is 8.11. The Morgan fingerprint density at radius 2 is 2.20 bits per heavy atom. The molecular weight excluding hydrogens is 327 g/mol. The normalized spacial score (nSPS) is 20.3. The van der Waals surface area contributed by atoms with E-state index in [0.29, 0.717) is 24.4 Å². The zero-order valence-corrected chi connectivity index (χ0v) is 14.4. The van der Waals surface area contributed by atoms with E-state index in [1.807, 2.05) is 13.8 Å². The van der Waals surface area contributed by atoms with Crippen molar-refractivity contribution in [3.05, 3.63) is 41.5 Å². The maximum atomic E-state index is 13.5. The second-order valence-electron chi connectivity index (χ2n) is 6.53. The van der Waals surface area contributed by atoms with Gasteiger partial charge in [-0.1, -0.05) is 5.21 Å². The zero-order chi connectivity index (χ0) is 18.2. The zero-order valence-electron chi connectivity index (χ0n) is 14.4. The molecule has 2 aromatic rings. The molecule has 3 rings (SSSR count). The number of hydrogen-bond donors (Lipinski definition) is 1. The van der Waals surface area contributed by atoms with Crippen molar-refractivity contribution in [2.45, 2.75) is 31.9 Å². The van der Waals surface area contributed by atoms with Crippen LogP contribution in [0.25, 0.3) is 0 Å². The molecule has 1 atom stereocenters. The Bertz CT molecular complexity index is 792. The first kappa shape index (κ1) is 17.3. The SMILES string of the molecule is COc1ccc(F)cc1C(=O)N1CC[C@](O)(c2cn(C(C)C)nn2)C1. The van der Waals surface area contributed by atoms with Crippen molar-refractivity contribution in [2.75, 3.05) is 20.2 Å². The predicted octanol–water partition coefficient (Wildman–Crippen LogP) is 1.74. The molecule has 0 aliphatic carbocycles. The Kier molecular flexibility index (Phi) is 4.47. The second kappa shape index (κ2) is 6.44. The molecule has 0 unspecified atom stereocenters. The summed E-state index contributed by atoms with van der Waals surface area (Å²) in [6.07, 6.45) is 2.04. The number of ether oxygens (including phenoxy) is 1. The van der Waals surface area contributed by atoms with Crippen molar-refractivity contribution >= 4 is 5.91 Å². The number of aromatic nitrogens is 3. The number of benzene rings is 1. The highest BCUT2D eigenvalue weighted by atomic mass is 19.1. The topological polar surface area (TPSA) is 80.5 Å². The van der Waals surface area contributed by atoms with E-state index in [2.05, 4.69) is 10.3 Å². The molecule has 0 bridgehead atoms. The highest BCUT2D eigenvalue weighted by molar-refractivity contribution is 5.97.